The van der Waals surface area contributed by atoms with E-state index in [0.29, 0.717) is 46.1 Å². The summed E-state index contributed by atoms with van der Waals surface area (Å²) in [5.41, 5.74) is 3.08. The Morgan fingerprint density at radius 2 is 1.64 bits per heavy atom. The van der Waals surface area contributed by atoms with Crippen molar-refractivity contribution in [2.75, 3.05) is 30.1 Å². The van der Waals surface area contributed by atoms with E-state index in [1.54, 1.807) is 86.7 Å². The molecule has 9 heteroatoms. The Hall–Kier alpha value is -4.92. The van der Waals surface area contributed by atoms with Gasteiger partial charge in [-0.25, -0.2) is 4.79 Å². The summed E-state index contributed by atoms with van der Waals surface area (Å²) in [6.07, 6.45) is 1.69. The summed E-state index contributed by atoms with van der Waals surface area (Å²) >= 11 is 0. The van der Waals surface area contributed by atoms with Crippen LogP contribution < -0.4 is 19.8 Å². The van der Waals surface area contributed by atoms with Gasteiger partial charge >= 0.3 is 5.97 Å². The zero-order chi connectivity index (χ0) is 27.8. The largest absolute Gasteiger partial charge is 0.494 e. The van der Waals surface area contributed by atoms with E-state index < -0.39 is 5.97 Å². The van der Waals surface area contributed by atoms with Crippen LogP contribution in [0.1, 0.15) is 36.7 Å². The minimum atomic E-state index is -0.429. The SMILES string of the molecule is CCOC(=O)c1ccc(N2N=C(C)/C(=C\c3ccccc3OCC(=O)Nc3ccc(OCC)cc3)C2=O)cc1. The van der Waals surface area contributed by atoms with E-state index in [2.05, 4.69) is 10.4 Å². The maximum Gasteiger partial charge on any atom is 0.338 e. The minimum absolute atomic E-state index is 0.215. The monoisotopic (exact) mass is 527 g/mol. The van der Waals surface area contributed by atoms with Gasteiger partial charge in [-0.05, 0) is 81.4 Å². The molecular weight excluding hydrogens is 498 g/mol. The van der Waals surface area contributed by atoms with Crippen LogP contribution in [0, 0.1) is 0 Å². The highest BCUT2D eigenvalue weighted by atomic mass is 16.5. The number of anilines is 2. The van der Waals surface area contributed by atoms with E-state index >= 15 is 0 Å². The average Bonchev–Trinajstić information content (AvgIpc) is 3.22. The van der Waals surface area contributed by atoms with Crippen molar-refractivity contribution >= 4 is 40.9 Å². The molecule has 39 heavy (non-hydrogen) atoms. The molecule has 1 heterocycles. The number of nitrogens with one attached hydrogen (secondary N) is 1. The van der Waals surface area contributed by atoms with Gasteiger partial charge in [-0.3, -0.25) is 9.59 Å². The Labute approximate surface area is 226 Å². The van der Waals surface area contributed by atoms with Crippen LogP contribution in [-0.2, 0) is 14.3 Å². The highest BCUT2D eigenvalue weighted by Gasteiger charge is 2.29. The van der Waals surface area contributed by atoms with E-state index in [-0.39, 0.29) is 25.0 Å². The number of esters is 1. The average molecular weight is 528 g/mol. The van der Waals surface area contributed by atoms with Crippen molar-refractivity contribution in [3.8, 4) is 11.5 Å². The van der Waals surface area contributed by atoms with Gasteiger partial charge in [-0.2, -0.15) is 10.1 Å². The van der Waals surface area contributed by atoms with Crippen LogP contribution in [0.15, 0.2) is 83.5 Å². The molecule has 200 valence electrons. The highest BCUT2D eigenvalue weighted by Crippen LogP contribution is 2.28. The first-order valence-corrected chi connectivity index (χ1v) is 12.5. The molecule has 1 N–H and O–H groups in total. The molecular formula is C30H29N3O6. The van der Waals surface area contributed by atoms with Crippen molar-refractivity contribution < 1.29 is 28.6 Å². The number of benzene rings is 3. The smallest absolute Gasteiger partial charge is 0.338 e. The summed E-state index contributed by atoms with van der Waals surface area (Å²) in [4.78, 5) is 37.6. The third-order valence-electron chi connectivity index (χ3n) is 5.71. The van der Waals surface area contributed by atoms with Crippen LogP contribution in [0.25, 0.3) is 6.08 Å². The van der Waals surface area contributed by atoms with Gasteiger partial charge in [0.2, 0.25) is 0 Å². The molecule has 0 unspecified atom stereocenters. The quantitative estimate of drug-likeness (QED) is 0.291. The maximum absolute atomic E-state index is 13.2. The molecule has 1 aliphatic heterocycles. The number of rotatable bonds is 10. The van der Waals surface area contributed by atoms with Crippen molar-refractivity contribution in [2.45, 2.75) is 20.8 Å². The summed E-state index contributed by atoms with van der Waals surface area (Å²) in [6, 6.07) is 20.7. The van der Waals surface area contributed by atoms with E-state index in [1.165, 1.54) is 5.01 Å². The number of para-hydroxylation sites is 1. The second-order valence-corrected chi connectivity index (χ2v) is 8.46. The number of hydrogen-bond acceptors (Lipinski definition) is 7. The molecule has 0 spiro atoms. The molecule has 9 nitrogen and oxygen atoms in total. The van der Waals surface area contributed by atoms with Crippen molar-refractivity contribution in [2.24, 2.45) is 5.10 Å². The predicted molar refractivity (Wildman–Crippen MR) is 149 cm³/mol. The molecule has 0 fully saturated rings. The molecule has 0 bridgehead atoms. The van der Waals surface area contributed by atoms with Gasteiger partial charge < -0.3 is 19.5 Å². The molecule has 0 radical (unpaired) electrons. The van der Waals surface area contributed by atoms with Crippen molar-refractivity contribution in [3.63, 3.8) is 0 Å². The molecule has 0 saturated carbocycles. The third-order valence-corrected chi connectivity index (χ3v) is 5.71. The van der Waals surface area contributed by atoms with Crippen LogP contribution in [0.5, 0.6) is 11.5 Å². The molecule has 0 saturated heterocycles. The summed E-state index contributed by atoms with van der Waals surface area (Å²) in [6.45, 7) is 6.01. The van der Waals surface area contributed by atoms with E-state index in [0.717, 1.165) is 5.75 Å². The summed E-state index contributed by atoms with van der Waals surface area (Å²) < 4.78 is 16.2. The fourth-order valence-electron chi connectivity index (χ4n) is 3.84. The van der Waals surface area contributed by atoms with Gasteiger partial charge in [0.15, 0.2) is 6.61 Å². The molecule has 3 aromatic carbocycles. The van der Waals surface area contributed by atoms with E-state index in [1.807, 2.05) is 13.0 Å². The van der Waals surface area contributed by atoms with E-state index in [4.69, 9.17) is 14.2 Å². The first-order chi connectivity index (χ1) is 18.9. The van der Waals surface area contributed by atoms with Crippen molar-refractivity contribution in [1.29, 1.82) is 0 Å². The summed E-state index contributed by atoms with van der Waals surface area (Å²) in [5, 5.41) is 8.47. The number of amides is 2. The lowest BCUT2D eigenvalue weighted by Gasteiger charge is -2.13. The number of hydrogen-bond donors (Lipinski definition) is 1. The Morgan fingerprint density at radius 3 is 2.33 bits per heavy atom. The molecule has 0 aliphatic carbocycles. The second kappa shape index (κ2) is 12.6. The van der Waals surface area contributed by atoms with E-state index in [9.17, 15) is 14.4 Å². The zero-order valence-electron chi connectivity index (χ0n) is 22.0. The molecule has 4 rings (SSSR count). The third kappa shape index (κ3) is 6.70. The molecule has 3 aromatic rings. The second-order valence-electron chi connectivity index (χ2n) is 8.46. The molecule has 2 amide bonds. The Bertz CT molecular complexity index is 1410. The summed E-state index contributed by atoms with van der Waals surface area (Å²) in [7, 11) is 0. The standard InChI is InChI=1S/C30H29N3O6/c1-4-37-25-16-12-23(13-17-25)31-28(34)19-39-27-9-7-6-8-22(27)18-26-20(3)32-33(29(26)35)24-14-10-21(11-15-24)30(36)38-5-2/h6-18H,4-5,19H2,1-3H3,(H,31,34)/b26-18+. The van der Waals surface area contributed by atoms with Crippen molar-refractivity contribution in [1.82, 2.24) is 0 Å². The predicted octanol–water partition coefficient (Wildman–Crippen LogP) is 5.09. The molecule has 0 aromatic heterocycles. The Morgan fingerprint density at radius 1 is 0.923 bits per heavy atom. The van der Waals surface area contributed by atoms with Gasteiger partial charge in [-0.1, -0.05) is 18.2 Å². The lowest BCUT2D eigenvalue weighted by molar-refractivity contribution is -0.118. The van der Waals surface area contributed by atoms with Gasteiger partial charge in [0.25, 0.3) is 11.8 Å². The van der Waals surface area contributed by atoms with Crippen LogP contribution in [0.3, 0.4) is 0 Å². The van der Waals surface area contributed by atoms with Crippen LogP contribution in [-0.4, -0.2) is 43.3 Å². The van der Waals surface area contributed by atoms with Crippen LogP contribution >= 0.6 is 0 Å². The van der Waals surface area contributed by atoms with Crippen LogP contribution in [0.2, 0.25) is 0 Å². The Kier molecular flexibility index (Phi) is 8.73. The number of carbonyl (C=O) groups excluding carboxylic acids is 3. The normalized spacial score (nSPS) is 13.7. The van der Waals surface area contributed by atoms with Gasteiger partial charge in [0.05, 0.1) is 35.7 Å². The topological polar surface area (TPSA) is 107 Å². The number of nitrogens with zero attached hydrogens (tertiary/aromatic N) is 2. The number of hydrazone groups is 1. The lowest BCUT2D eigenvalue weighted by Crippen LogP contribution is -2.21. The first kappa shape index (κ1) is 27.1. The Balaban J connectivity index is 1.43. The van der Waals surface area contributed by atoms with Crippen LogP contribution in [0.4, 0.5) is 11.4 Å². The maximum atomic E-state index is 13.2. The lowest BCUT2D eigenvalue weighted by atomic mass is 10.1. The molecule has 1 aliphatic rings. The molecule has 0 atom stereocenters. The fraction of sp³-hybridized carbons (Fsp3) is 0.200. The summed E-state index contributed by atoms with van der Waals surface area (Å²) in [5.74, 6) is 0.0981. The minimum Gasteiger partial charge on any atom is -0.494 e. The van der Waals surface area contributed by atoms with Gasteiger partial charge in [-0.15, -0.1) is 0 Å². The fourth-order valence-corrected chi connectivity index (χ4v) is 3.84. The number of ether oxygens (including phenoxy) is 3. The van der Waals surface area contributed by atoms with Crippen molar-refractivity contribution in [3.05, 3.63) is 89.5 Å². The first-order valence-electron chi connectivity index (χ1n) is 12.5. The number of carbonyl (C=O) groups is 3. The van der Waals surface area contributed by atoms with Gasteiger partial charge in [0.1, 0.15) is 11.5 Å². The zero-order valence-corrected chi connectivity index (χ0v) is 22.0. The van der Waals surface area contributed by atoms with Gasteiger partial charge in [0, 0.05) is 11.3 Å². The highest BCUT2D eigenvalue weighted by molar-refractivity contribution is 6.32.